The molecule has 4 unspecified atom stereocenters. The zero-order valence-corrected chi connectivity index (χ0v) is 74.3. The molecule has 21 N–H and O–H groups in total. The van der Waals surface area contributed by atoms with Crippen molar-refractivity contribution in [1.82, 2.24) is 97.7 Å². The maximum atomic E-state index is 11.2. The van der Waals surface area contributed by atoms with Gasteiger partial charge >= 0.3 is 0 Å². The van der Waals surface area contributed by atoms with Gasteiger partial charge in [0.1, 0.15) is 44.8 Å². The molecule has 0 aromatic heterocycles. The number of amides is 12. The maximum Gasteiger partial charge on any atom is 0.248 e. The molecule has 15 rings (SSSR count). The number of nitrogens with zero attached hydrogens (tertiary/aromatic N) is 9. The van der Waals surface area contributed by atoms with Gasteiger partial charge in [-0.3, -0.25) is 86.7 Å². The van der Waals surface area contributed by atoms with Crippen molar-refractivity contribution in [1.29, 1.82) is 0 Å². The number of nitrogens with one attached hydrogen (secondary N) is 11. The second-order valence-corrected chi connectivity index (χ2v) is 30.3. The minimum atomic E-state index is -0.698. The topological polar surface area (TPSA) is 647 Å². The smallest absolute Gasteiger partial charge is 0.248 e. The van der Waals surface area contributed by atoms with Crippen LogP contribution in [0.4, 0.5) is 0 Å². The van der Waals surface area contributed by atoms with Crippen molar-refractivity contribution < 1.29 is 132 Å². The monoisotopic (exact) mass is 1840 g/mol. The zero-order valence-electron chi connectivity index (χ0n) is 74.3. The van der Waals surface area contributed by atoms with Gasteiger partial charge in [0.2, 0.25) is 70.9 Å². The number of Topliss-reactive ketones (excluding diaryl/α,β-unsaturated/α-hetero) is 3. The van der Waals surface area contributed by atoms with E-state index in [1.807, 2.05) is 23.9 Å². The Morgan fingerprint density at radius 3 is 1.20 bits per heavy atom. The molecule has 14 saturated heterocycles. The van der Waals surface area contributed by atoms with Crippen molar-refractivity contribution in [2.24, 2.45) is 4.99 Å². The number of piperazine rings is 4. The number of β-amino-alcohol motifs (C(OH)–C–C–N with tert-alkyl or cyclic N) is 5. The van der Waals surface area contributed by atoms with Gasteiger partial charge in [-0.25, -0.2) is 0 Å². The van der Waals surface area contributed by atoms with Crippen LogP contribution in [-0.4, -0.2) is 499 Å². The summed E-state index contributed by atoms with van der Waals surface area (Å²) in [5, 5.41) is 117. The molecule has 738 valence electrons. The van der Waals surface area contributed by atoms with Crippen molar-refractivity contribution in [3.8, 4) is 0 Å². The van der Waals surface area contributed by atoms with Gasteiger partial charge in [0.15, 0.2) is 17.3 Å². The highest BCUT2D eigenvalue weighted by Gasteiger charge is 2.26. The predicted octanol–water partition coefficient (Wildman–Crippen LogP) is -11.5. The Morgan fingerprint density at radius 2 is 0.828 bits per heavy atom. The molecule has 47 nitrogen and oxygen atoms in total. The van der Waals surface area contributed by atoms with Gasteiger partial charge in [0.05, 0.1) is 105 Å². The van der Waals surface area contributed by atoms with Crippen LogP contribution in [0.25, 0.3) is 0 Å². The standard InChI is InChI=1S/C7H14N2O2.C7H13NO2.C6H12N2O2.C6H11NO3.2C6H11NO2.C5H10N2O2.C5H8N2O.3C5H9NO2.C5H9NO.C4H8N2O.C4H7NO2.C4H7NO.CH4/c1-8-2-3-9(4-5-10)7(11)6-8;9-6-5-8-4-2-1-3-7(8)10;9-4-3-8-2-1-7-5-6(8)10;8-3-1-7-2-4-10-5-6(7)9;1-7-3-2-5(8)6(9)4-7;8-5-4-7-3-1-2-6(7)9;8-4-7-2-1-6-3-5(7)9;8-5-4-6-2-1-3-7-5;2*7-4-1-2-6-3-5(4)8;7-3-4-1-2-5(8)6-4;7-5-3-1-2-4-6-5;7-4-3-5-1-2-6-4;6-4-3-7-2-1-5-4;6-4-2-1-3-5-4;/h10H,2-6H2,1H3;9H,1-6H2;7,9H,1-5H2;8H,1-5H2;5,8H,2-4H2,1H3;8H,1-5H2;6,8H,1-4H2;2H,1,3-4H2,(H,7,8);2*4,6-7H,1-3H2;4,7H,1-3H2,(H,6,8);1-4H2,(H,6,7);5H,1-3H2,(H,6,7);1-3H2,(H,5,6);1-3H2,(H,5,6);1H4. The van der Waals surface area contributed by atoms with Crippen LogP contribution >= 0.6 is 0 Å². The van der Waals surface area contributed by atoms with E-state index in [-0.39, 0.29) is 161 Å². The number of aliphatic hydroxyl groups is 10. The van der Waals surface area contributed by atoms with Gasteiger partial charge in [-0.15, -0.1) is 0 Å². The lowest BCUT2D eigenvalue weighted by atomic mass is 10.1. The number of rotatable bonds is 12. The Kier molecular flexibility index (Phi) is 72.2. The third kappa shape index (κ3) is 61.2. The highest BCUT2D eigenvalue weighted by Crippen LogP contribution is 2.11. The summed E-state index contributed by atoms with van der Waals surface area (Å²) in [6, 6.07) is 0.0301. The summed E-state index contributed by atoms with van der Waals surface area (Å²) in [4.78, 5) is 177. The molecule has 0 aromatic rings. The number of likely N-dealkylation sites (N-methyl/N-ethyl adjacent to an activating group) is 2. The molecule has 0 aliphatic carbocycles. The number of likely N-dealkylation sites (tertiary alicyclic amines) is 3. The number of carbonyl (C=O) groups excluding carboxylic acids is 15. The SMILES string of the molecule is C.CN1CCC(O)C(=O)C1.CN1CCN(CCO)C(=O)C1.O=C1CCC(CO)N1.O=C1CCCCN1.O=C1CCCCN1CCO.O=C1CCCN1.O=C1CCCN1CCO.O=C1CN=CCCN1.O=C1CNCCC1O.O=C1CNCCC1O.O=C1CNCCN1.O=C1CNCCN1CCO.O=C1CNCCN1CO.O=C1COCCN1.O=C1COCCN1CCO. The highest BCUT2D eigenvalue weighted by molar-refractivity contribution is 5.87. The molecular formula is C81H152N20O27. The van der Waals surface area contributed by atoms with E-state index in [0.29, 0.717) is 156 Å². The Bertz CT molecular complexity index is 3010. The molecule has 12 amide bonds. The molecule has 15 heterocycles. The fourth-order valence-corrected chi connectivity index (χ4v) is 12.3. The van der Waals surface area contributed by atoms with E-state index < -0.39 is 18.3 Å². The zero-order chi connectivity index (χ0) is 94.2. The molecule has 0 radical (unpaired) electrons. The molecule has 15 aliphatic heterocycles. The van der Waals surface area contributed by atoms with Crippen molar-refractivity contribution in [2.75, 3.05) is 290 Å². The molecule has 15 aliphatic rings. The summed E-state index contributed by atoms with van der Waals surface area (Å²) < 4.78 is 9.66. The number of hydrogen-bond acceptors (Lipinski definition) is 35. The minimum Gasteiger partial charge on any atom is -0.395 e. The largest absolute Gasteiger partial charge is 0.395 e. The van der Waals surface area contributed by atoms with Crippen LogP contribution in [0, 0.1) is 0 Å². The average molecular weight is 1840 g/mol. The van der Waals surface area contributed by atoms with E-state index in [1.54, 1.807) is 30.7 Å². The van der Waals surface area contributed by atoms with E-state index in [9.17, 15) is 71.9 Å². The molecule has 0 spiro atoms. The molecule has 47 heteroatoms. The number of carbonyl (C=O) groups is 15. The third-order valence-corrected chi connectivity index (χ3v) is 19.7. The van der Waals surface area contributed by atoms with Gasteiger partial charge < -0.3 is 148 Å². The Hall–Kier alpha value is -8.44. The van der Waals surface area contributed by atoms with Crippen LogP contribution in [0.3, 0.4) is 0 Å². The quantitative estimate of drug-likeness (QED) is 0.0863. The normalized spacial score (nSPS) is 22.7. The maximum absolute atomic E-state index is 11.2. The summed E-state index contributed by atoms with van der Waals surface area (Å²) >= 11 is 0. The average Bonchev–Trinajstić information content (AvgIpc) is 1.05. The second kappa shape index (κ2) is 77.3. The van der Waals surface area contributed by atoms with E-state index in [4.69, 9.17) is 60.5 Å². The van der Waals surface area contributed by atoms with E-state index in [2.05, 4.69) is 63.5 Å². The first kappa shape index (κ1) is 120. The van der Waals surface area contributed by atoms with Gasteiger partial charge in [-0.2, -0.15) is 0 Å². The summed E-state index contributed by atoms with van der Waals surface area (Å²) in [6.07, 6.45) is 12.8. The number of piperidine rings is 5. The third-order valence-electron chi connectivity index (χ3n) is 19.7. The highest BCUT2D eigenvalue weighted by atomic mass is 16.5. The lowest BCUT2D eigenvalue weighted by Crippen LogP contribution is -2.49. The van der Waals surface area contributed by atoms with Gasteiger partial charge in [-0.05, 0) is 97.8 Å². The van der Waals surface area contributed by atoms with Crippen LogP contribution in [0.1, 0.15) is 110 Å². The Labute approximate surface area is 751 Å². The predicted molar refractivity (Wildman–Crippen MR) is 469 cm³/mol. The molecule has 128 heavy (non-hydrogen) atoms. The van der Waals surface area contributed by atoms with Crippen molar-refractivity contribution in [3.05, 3.63) is 0 Å². The van der Waals surface area contributed by atoms with Gasteiger partial charge in [0.25, 0.3) is 0 Å². The van der Waals surface area contributed by atoms with Crippen molar-refractivity contribution >= 4 is 94.5 Å². The first-order valence-corrected chi connectivity index (χ1v) is 43.8. The molecule has 4 atom stereocenters. The number of aliphatic hydroxyl groups excluding tert-OH is 10. The molecule has 14 fully saturated rings. The van der Waals surface area contributed by atoms with Crippen LogP contribution in [0.5, 0.6) is 0 Å². The van der Waals surface area contributed by atoms with Crippen LogP contribution in [0.2, 0.25) is 0 Å². The number of morpholine rings is 2. The second-order valence-electron chi connectivity index (χ2n) is 30.3. The minimum absolute atomic E-state index is 0. The van der Waals surface area contributed by atoms with Gasteiger partial charge in [0, 0.05) is 176 Å². The molecule has 0 bridgehead atoms. The van der Waals surface area contributed by atoms with E-state index in [1.165, 1.54) is 4.90 Å². The Balaban J connectivity index is 0.00000135. The van der Waals surface area contributed by atoms with Crippen molar-refractivity contribution in [2.45, 2.75) is 135 Å². The van der Waals surface area contributed by atoms with E-state index in [0.717, 1.165) is 162 Å². The number of hydrogen-bond donors (Lipinski definition) is 21. The van der Waals surface area contributed by atoms with Crippen LogP contribution < -0.4 is 58.5 Å². The molecule has 0 aromatic carbocycles. The first-order chi connectivity index (χ1) is 61.1. The first-order valence-electron chi connectivity index (χ1n) is 43.8. The lowest BCUT2D eigenvalue weighted by molar-refractivity contribution is -0.143. The van der Waals surface area contributed by atoms with Crippen LogP contribution in [-0.2, 0) is 81.4 Å². The van der Waals surface area contributed by atoms with E-state index >= 15 is 0 Å². The fraction of sp³-hybridized carbons (Fsp3) is 0.802. The van der Waals surface area contributed by atoms with Gasteiger partial charge in [-0.1, -0.05) is 7.43 Å². The summed E-state index contributed by atoms with van der Waals surface area (Å²) in [5.74, 6) is 0.902. The van der Waals surface area contributed by atoms with Crippen molar-refractivity contribution in [3.63, 3.8) is 0 Å². The summed E-state index contributed by atoms with van der Waals surface area (Å²) in [7, 11) is 3.80. The molecular weight excluding hydrogens is 1690 g/mol. The lowest BCUT2D eigenvalue weighted by Gasteiger charge is -2.31. The molecule has 0 saturated carbocycles. The summed E-state index contributed by atoms with van der Waals surface area (Å²) in [6.45, 7) is 21.5. The fourth-order valence-electron chi connectivity index (χ4n) is 12.3. The number of ketones is 3. The summed E-state index contributed by atoms with van der Waals surface area (Å²) in [5.41, 5.74) is 0. The Morgan fingerprint density at radius 1 is 0.352 bits per heavy atom. The van der Waals surface area contributed by atoms with Crippen LogP contribution in [0.15, 0.2) is 4.99 Å². The number of aliphatic imine (C=N–C) groups is 1. The number of ether oxygens (including phenoxy) is 2.